The van der Waals surface area contributed by atoms with Gasteiger partial charge in [0.05, 0.1) is 19.0 Å². The first kappa shape index (κ1) is 11.9. The van der Waals surface area contributed by atoms with Gasteiger partial charge in [-0.3, -0.25) is 4.18 Å². The van der Waals surface area contributed by atoms with Crippen LogP contribution in [0.5, 0.6) is 0 Å². The van der Waals surface area contributed by atoms with Crippen LogP contribution in [0.1, 0.15) is 6.42 Å². The fraction of sp³-hybridized carbons (Fsp3) is 1.00. The zero-order valence-electron chi connectivity index (χ0n) is 8.52. The summed E-state index contributed by atoms with van der Waals surface area (Å²) in [6.45, 7) is 2.08. The molecule has 1 rings (SSSR count). The first-order chi connectivity index (χ1) is 6.51. The van der Waals surface area contributed by atoms with E-state index in [1.54, 1.807) is 7.11 Å². The first-order valence-electron chi connectivity index (χ1n) is 4.59. The molecule has 0 aromatic heterocycles. The molecule has 0 spiro atoms. The second kappa shape index (κ2) is 5.06. The smallest absolute Gasteiger partial charge is 0.264 e. The number of rotatable bonds is 4. The molecule has 1 aliphatic rings. The molecule has 2 atom stereocenters. The van der Waals surface area contributed by atoms with Gasteiger partial charge < -0.3 is 10.1 Å². The molecule has 6 heteroatoms. The van der Waals surface area contributed by atoms with E-state index in [0.29, 0.717) is 19.1 Å². The Kier molecular flexibility index (Phi) is 4.31. The number of ether oxygens (including phenoxy) is 1. The third-order valence-electron chi connectivity index (χ3n) is 2.11. The van der Waals surface area contributed by atoms with Crippen molar-refractivity contribution in [1.82, 2.24) is 5.32 Å². The van der Waals surface area contributed by atoms with Crippen LogP contribution in [-0.4, -0.2) is 47.6 Å². The highest BCUT2D eigenvalue weighted by molar-refractivity contribution is 7.86. The predicted molar refractivity (Wildman–Crippen MR) is 52.6 cm³/mol. The highest BCUT2D eigenvalue weighted by Gasteiger charge is 2.24. The fourth-order valence-electron chi connectivity index (χ4n) is 1.67. The molecule has 1 N–H and O–H groups in total. The molecule has 1 saturated heterocycles. The lowest BCUT2D eigenvalue weighted by Crippen LogP contribution is -2.42. The number of nitrogens with one attached hydrogen (secondary N) is 1. The second-order valence-corrected chi connectivity index (χ2v) is 5.24. The van der Waals surface area contributed by atoms with E-state index in [1.807, 2.05) is 0 Å². The van der Waals surface area contributed by atoms with Crippen molar-refractivity contribution in [2.75, 3.05) is 33.1 Å². The van der Waals surface area contributed by atoms with Gasteiger partial charge in [-0.15, -0.1) is 0 Å². The van der Waals surface area contributed by atoms with Gasteiger partial charge in [0.25, 0.3) is 10.1 Å². The van der Waals surface area contributed by atoms with Gasteiger partial charge in [0.1, 0.15) is 0 Å². The Morgan fingerprint density at radius 2 is 2.14 bits per heavy atom. The Morgan fingerprint density at radius 1 is 1.43 bits per heavy atom. The Balaban J connectivity index is 2.40. The summed E-state index contributed by atoms with van der Waals surface area (Å²) < 4.78 is 31.7. The monoisotopic (exact) mass is 223 g/mol. The van der Waals surface area contributed by atoms with Gasteiger partial charge in [-0.2, -0.15) is 8.42 Å². The third-order valence-corrected chi connectivity index (χ3v) is 2.74. The summed E-state index contributed by atoms with van der Waals surface area (Å²) in [5, 5.41) is 3.12. The molecule has 1 aliphatic heterocycles. The third kappa shape index (κ3) is 4.36. The highest BCUT2D eigenvalue weighted by atomic mass is 32.2. The minimum atomic E-state index is -3.34. The minimum absolute atomic E-state index is 0.251. The van der Waals surface area contributed by atoms with Crippen LogP contribution in [0.25, 0.3) is 0 Å². The van der Waals surface area contributed by atoms with Crippen LogP contribution in [0, 0.1) is 5.92 Å². The molecule has 0 radical (unpaired) electrons. The molecule has 0 saturated carbocycles. The summed E-state index contributed by atoms with van der Waals surface area (Å²) in [7, 11) is -1.70. The summed E-state index contributed by atoms with van der Waals surface area (Å²) in [6.07, 6.45) is 1.56. The maximum atomic E-state index is 10.9. The van der Waals surface area contributed by atoms with Crippen LogP contribution in [0.2, 0.25) is 0 Å². The normalized spacial score (nSPS) is 29.0. The zero-order valence-corrected chi connectivity index (χ0v) is 9.34. The zero-order chi connectivity index (χ0) is 10.6. The Bertz CT molecular complexity index is 263. The molecule has 84 valence electrons. The average Bonchev–Trinajstić information content (AvgIpc) is 2.02. The van der Waals surface area contributed by atoms with Crippen LogP contribution in [0.3, 0.4) is 0 Å². The van der Waals surface area contributed by atoms with Crippen molar-refractivity contribution >= 4 is 10.1 Å². The molecule has 0 aromatic rings. The van der Waals surface area contributed by atoms with Crippen molar-refractivity contribution in [2.24, 2.45) is 5.92 Å². The lowest BCUT2D eigenvalue weighted by Gasteiger charge is -2.28. The van der Waals surface area contributed by atoms with Crippen LogP contribution < -0.4 is 5.32 Å². The van der Waals surface area contributed by atoms with Crippen molar-refractivity contribution in [2.45, 2.75) is 12.5 Å². The van der Waals surface area contributed by atoms with E-state index in [4.69, 9.17) is 8.92 Å². The van der Waals surface area contributed by atoms with E-state index in [9.17, 15) is 8.42 Å². The lowest BCUT2D eigenvalue weighted by molar-refractivity contribution is 0.0871. The molecule has 0 bridgehead atoms. The summed E-state index contributed by atoms with van der Waals surface area (Å²) in [6, 6.07) is 0. The molecule has 0 aliphatic carbocycles. The van der Waals surface area contributed by atoms with Gasteiger partial charge in [0, 0.05) is 20.2 Å². The summed E-state index contributed by atoms with van der Waals surface area (Å²) in [5.41, 5.74) is 0. The molecule has 1 heterocycles. The molecular weight excluding hydrogens is 206 g/mol. The van der Waals surface area contributed by atoms with Gasteiger partial charge in [-0.1, -0.05) is 0 Å². The second-order valence-electron chi connectivity index (χ2n) is 3.64. The largest absolute Gasteiger partial charge is 0.384 e. The first-order valence-corrected chi connectivity index (χ1v) is 6.41. The van der Waals surface area contributed by atoms with E-state index in [2.05, 4.69) is 5.32 Å². The van der Waals surface area contributed by atoms with Gasteiger partial charge in [-0.25, -0.2) is 0 Å². The van der Waals surface area contributed by atoms with Crippen molar-refractivity contribution in [3.63, 3.8) is 0 Å². The molecular formula is C8H17NO4S. The van der Waals surface area contributed by atoms with E-state index in [-0.39, 0.29) is 6.10 Å². The predicted octanol–water partition coefficient (Wildman–Crippen LogP) is -0.413. The van der Waals surface area contributed by atoms with Crippen LogP contribution in [-0.2, 0) is 19.0 Å². The maximum absolute atomic E-state index is 10.9. The van der Waals surface area contributed by atoms with Crippen molar-refractivity contribution < 1.29 is 17.3 Å². The fourth-order valence-corrected chi connectivity index (χ4v) is 2.31. The Morgan fingerprint density at radius 3 is 2.71 bits per heavy atom. The van der Waals surface area contributed by atoms with Crippen LogP contribution in [0.4, 0.5) is 0 Å². The minimum Gasteiger partial charge on any atom is -0.384 e. The number of piperidine rings is 1. The molecule has 0 amide bonds. The number of methoxy groups -OCH3 is 1. The summed E-state index contributed by atoms with van der Waals surface area (Å²) in [5.74, 6) is 0.334. The Hall–Kier alpha value is -0.170. The molecule has 14 heavy (non-hydrogen) atoms. The lowest BCUT2D eigenvalue weighted by atomic mass is 9.99. The van der Waals surface area contributed by atoms with E-state index < -0.39 is 10.1 Å². The standard InChI is InChI=1S/C8H17NO4S/c1-12-6-7-3-8(5-9-4-7)13-14(2,10)11/h7-9H,3-6H2,1-2H3. The number of hydrogen-bond acceptors (Lipinski definition) is 5. The summed E-state index contributed by atoms with van der Waals surface area (Å²) >= 11 is 0. The van der Waals surface area contributed by atoms with Crippen molar-refractivity contribution in [3.8, 4) is 0 Å². The highest BCUT2D eigenvalue weighted by Crippen LogP contribution is 2.15. The van der Waals surface area contributed by atoms with Crippen LogP contribution in [0.15, 0.2) is 0 Å². The van der Waals surface area contributed by atoms with E-state index >= 15 is 0 Å². The molecule has 5 nitrogen and oxygen atoms in total. The molecule has 0 aromatic carbocycles. The van der Waals surface area contributed by atoms with E-state index in [0.717, 1.165) is 19.2 Å². The quantitative estimate of drug-likeness (QED) is 0.656. The number of hydrogen-bond donors (Lipinski definition) is 1. The topological polar surface area (TPSA) is 64.6 Å². The van der Waals surface area contributed by atoms with Gasteiger partial charge in [0.2, 0.25) is 0 Å². The van der Waals surface area contributed by atoms with Gasteiger partial charge in [0.15, 0.2) is 0 Å². The SMILES string of the molecule is COCC1CNCC(OS(C)(=O)=O)C1. The van der Waals surface area contributed by atoms with Gasteiger partial charge in [-0.05, 0) is 12.3 Å². The van der Waals surface area contributed by atoms with Crippen LogP contribution >= 0.6 is 0 Å². The maximum Gasteiger partial charge on any atom is 0.264 e. The van der Waals surface area contributed by atoms with Crippen molar-refractivity contribution in [3.05, 3.63) is 0 Å². The Labute approximate surface area is 84.9 Å². The summed E-state index contributed by atoms with van der Waals surface area (Å²) in [4.78, 5) is 0. The molecule has 1 fully saturated rings. The average molecular weight is 223 g/mol. The van der Waals surface area contributed by atoms with Gasteiger partial charge >= 0.3 is 0 Å². The van der Waals surface area contributed by atoms with E-state index in [1.165, 1.54) is 0 Å². The molecule has 2 unspecified atom stereocenters. The van der Waals surface area contributed by atoms with Crippen molar-refractivity contribution in [1.29, 1.82) is 0 Å².